The van der Waals surface area contributed by atoms with E-state index in [9.17, 15) is 0 Å². The molecule has 0 bridgehead atoms. The standard InChI is InChI=1S/C21H32N6/c1-18-22-21(24-23-18)20-8-5-9-26(17-20)13-10-25-11-14-27(15-12-25)16-19-6-3-2-4-7-19/h2-4,6-7,20H,5,8-17H2,1H3,(H,22,23,24)/t20-/m1/s1. The van der Waals surface area contributed by atoms with Gasteiger partial charge in [0, 0.05) is 58.3 Å². The van der Waals surface area contributed by atoms with Crippen LogP contribution in [0.3, 0.4) is 0 Å². The zero-order chi connectivity index (χ0) is 18.5. The molecule has 0 amide bonds. The lowest BCUT2D eigenvalue weighted by molar-refractivity contribution is 0.107. The first-order valence-electron chi connectivity index (χ1n) is 10.4. The minimum Gasteiger partial charge on any atom is -0.301 e. The number of benzene rings is 1. The van der Waals surface area contributed by atoms with Gasteiger partial charge in [-0.2, -0.15) is 5.10 Å². The van der Waals surface area contributed by atoms with E-state index < -0.39 is 0 Å². The number of hydrogen-bond donors (Lipinski definition) is 1. The van der Waals surface area contributed by atoms with Crippen LogP contribution in [0.5, 0.6) is 0 Å². The van der Waals surface area contributed by atoms with Gasteiger partial charge < -0.3 is 4.90 Å². The predicted molar refractivity (Wildman–Crippen MR) is 108 cm³/mol. The topological polar surface area (TPSA) is 51.3 Å². The van der Waals surface area contributed by atoms with E-state index in [2.05, 4.69) is 60.2 Å². The van der Waals surface area contributed by atoms with E-state index in [-0.39, 0.29) is 0 Å². The number of aromatic amines is 1. The fourth-order valence-corrected chi connectivity index (χ4v) is 4.31. The van der Waals surface area contributed by atoms with Gasteiger partial charge in [0.05, 0.1) is 0 Å². The average Bonchev–Trinajstić information content (AvgIpc) is 3.15. The summed E-state index contributed by atoms with van der Waals surface area (Å²) < 4.78 is 0. The number of piperidine rings is 1. The lowest BCUT2D eigenvalue weighted by Gasteiger charge is -2.37. The molecular weight excluding hydrogens is 336 g/mol. The van der Waals surface area contributed by atoms with Crippen molar-refractivity contribution in [3.63, 3.8) is 0 Å². The number of nitrogens with zero attached hydrogens (tertiary/aromatic N) is 5. The number of hydrogen-bond acceptors (Lipinski definition) is 5. The summed E-state index contributed by atoms with van der Waals surface area (Å²) in [5, 5.41) is 7.38. The van der Waals surface area contributed by atoms with Crippen LogP contribution in [-0.4, -0.2) is 82.2 Å². The molecule has 6 nitrogen and oxygen atoms in total. The van der Waals surface area contributed by atoms with Crippen LogP contribution < -0.4 is 0 Å². The molecular formula is C21H32N6. The Morgan fingerprint density at radius 2 is 1.70 bits per heavy atom. The summed E-state index contributed by atoms with van der Waals surface area (Å²) in [5.74, 6) is 2.42. The van der Waals surface area contributed by atoms with Crippen LogP contribution in [0.4, 0.5) is 0 Å². The van der Waals surface area contributed by atoms with Crippen LogP contribution in [0.25, 0.3) is 0 Å². The van der Waals surface area contributed by atoms with Gasteiger partial charge >= 0.3 is 0 Å². The molecule has 1 atom stereocenters. The highest BCUT2D eigenvalue weighted by Gasteiger charge is 2.25. The summed E-state index contributed by atoms with van der Waals surface area (Å²) in [6, 6.07) is 10.8. The zero-order valence-corrected chi connectivity index (χ0v) is 16.5. The number of rotatable bonds is 6. The van der Waals surface area contributed by atoms with Crippen LogP contribution in [0, 0.1) is 6.92 Å². The third kappa shape index (κ3) is 5.15. The molecule has 0 unspecified atom stereocenters. The van der Waals surface area contributed by atoms with Gasteiger partial charge in [0.2, 0.25) is 0 Å². The summed E-state index contributed by atoms with van der Waals surface area (Å²) in [6.45, 7) is 12.4. The second-order valence-corrected chi connectivity index (χ2v) is 8.02. The third-order valence-corrected chi connectivity index (χ3v) is 5.93. The highest BCUT2D eigenvalue weighted by atomic mass is 15.3. The Kier molecular flexibility index (Phi) is 6.17. The summed E-state index contributed by atoms with van der Waals surface area (Å²) >= 11 is 0. The predicted octanol–water partition coefficient (Wildman–Crippen LogP) is 2.11. The molecule has 6 heteroatoms. The molecule has 2 aromatic rings. The maximum absolute atomic E-state index is 4.55. The first-order chi connectivity index (χ1) is 13.3. The van der Waals surface area contributed by atoms with Crippen LogP contribution in [0.15, 0.2) is 30.3 Å². The van der Waals surface area contributed by atoms with Gasteiger partial charge in [-0.3, -0.25) is 14.9 Å². The molecule has 2 aliphatic rings. The van der Waals surface area contributed by atoms with Crippen LogP contribution in [0.1, 0.15) is 36.0 Å². The van der Waals surface area contributed by atoms with Crippen LogP contribution in [-0.2, 0) is 6.54 Å². The smallest absolute Gasteiger partial charge is 0.155 e. The van der Waals surface area contributed by atoms with Crippen molar-refractivity contribution in [2.75, 3.05) is 52.4 Å². The number of likely N-dealkylation sites (tertiary alicyclic amines) is 1. The van der Waals surface area contributed by atoms with Gasteiger partial charge in [0.25, 0.3) is 0 Å². The van der Waals surface area contributed by atoms with E-state index in [1.807, 2.05) is 6.92 Å². The van der Waals surface area contributed by atoms with Crippen molar-refractivity contribution < 1.29 is 0 Å². The van der Waals surface area contributed by atoms with E-state index in [0.29, 0.717) is 5.92 Å². The molecule has 146 valence electrons. The molecule has 3 heterocycles. The van der Waals surface area contributed by atoms with E-state index in [1.54, 1.807) is 0 Å². The van der Waals surface area contributed by atoms with Gasteiger partial charge in [0.1, 0.15) is 5.82 Å². The minimum absolute atomic E-state index is 0.492. The van der Waals surface area contributed by atoms with E-state index in [0.717, 1.165) is 24.7 Å². The Hall–Kier alpha value is -1.76. The van der Waals surface area contributed by atoms with Gasteiger partial charge in [0.15, 0.2) is 5.82 Å². The number of nitrogens with one attached hydrogen (secondary N) is 1. The first-order valence-corrected chi connectivity index (χ1v) is 10.4. The summed E-state index contributed by atoms with van der Waals surface area (Å²) in [4.78, 5) is 12.4. The van der Waals surface area contributed by atoms with E-state index in [1.165, 1.54) is 64.2 Å². The highest BCUT2D eigenvalue weighted by molar-refractivity contribution is 5.14. The second-order valence-electron chi connectivity index (χ2n) is 8.02. The van der Waals surface area contributed by atoms with Crippen LogP contribution >= 0.6 is 0 Å². The Labute approximate surface area is 162 Å². The fraction of sp³-hybridized carbons (Fsp3) is 0.619. The van der Waals surface area contributed by atoms with E-state index in [4.69, 9.17) is 0 Å². The average molecular weight is 369 g/mol. The third-order valence-electron chi connectivity index (χ3n) is 5.93. The van der Waals surface area contributed by atoms with E-state index >= 15 is 0 Å². The Balaban J connectivity index is 1.18. The maximum Gasteiger partial charge on any atom is 0.155 e. The molecule has 2 saturated heterocycles. The molecule has 2 fully saturated rings. The van der Waals surface area contributed by atoms with Crippen LogP contribution in [0.2, 0.25) is 0 Å². The number of H-pyrrole nitrogens is 1. The van der Waals surface area contributed by atoms with Crippen molar-refractivity contribution in [1.82, 2.24) is 29.9 Å². The van der Waals surface area contributed by atoms with Gasteiger partial charge in [-0.25, -0.2) is 4.98 Å². The lowest BCUT2D eigenvalue weighted by Crippen LogP contribution is -2.48. The molecule has 0 spiro atoms. The molecule has 4 rings (SSSR count). The largest absolute Gasteiger partial charge is 0.301 e. The number of piperazine rings is 1. The molecule has 1 aromatic carbocycles. The van der Waals surface area contributed by atoms with Crippen molar-refractivity contribution >= 4 is 0 Å². The SMILES string of the molecule is Cc1nc([C@@H]2CCCN(CCN3CCN(Cc4ccccc4)CC3)C2)n[nH]1. The molecule has 0 aliphatic carbocycles. The zero-order valence-electron chi connectivity index (χ0n) is 16.5. The van der Waals surface area contributed by atoms with Gasteiger partial charge in [-0.15, -0.1) is 0 Å². The monoisotopic (exact) mass is 368 g/mol. The van der Waals surface area contributed by atoms with Crippen molar-refractivity contribution in [1.29, 1.82) is 0 Å². The number of aryl methyl sites for hydroxylation is 1. The molecule has 0 radical (unpaired) electrons. The second kappa shape index (κ2) is 8.95. The Morgan fingerprint density at radius 1 is 0.963 bits per heavy atom. The molecule has 1 aromatic heterocycles. The van der Waals surface area contributed by atoms with Gasteiger partial charge in [-0.1, -0.05) is 30.3 Å². The normalized spacial score (nSPS) is 22.9. The molecule has 0 saturated carbocycles. The number of aromatic nitrogens is 3. The lowest BCUT2D eigenvalue weighted by atomic mass is 9.97. The Bertz CT molecular complexity index is 692. The Morgan fingerprint density at radius 3 is 2.44 bits per heavy atom. The summed E-state index contributed by atoms with van der Waals surface area (Å²) in [5.41, 5.74) is 1.42. The molecule has 2 aliphatic heterocycles. The van der Waals surface area contributed by atoms with Crippen molar-refractivity contribution in [3.05, 3.63) is 47.5 Å². The van der Waals surface area contributed by atoms with Crippen molar-refractivity contribution in [3.8, 4) is 0 Å². The van der Waals surface area contributed by atoms with Gasteiger partial charge in [-0.05, 0) is 31.9 Å². The molecule has 1 N–H and O–H groups in total. The highest BCUT2D eigenvalue weighted by Crippen LogP contribution is 2.24. The minimum atomic E-state index is 0.492. The molecule has 27 heavy (non-hydrogen) atoms. The van der Waals surface area contributed by atoms with Crippen molar-refractivity contribution in [2.45, 2.75) is 32.2 Å². The summed E-state index contributed by atoms with van der Waals surface area (Å²) in [7, 11) is 0. The fourth-order valence-electron chi connectivity index (χ4n) is 4.31. The maximum atomic E-state index is 4.55. The summed E-state index contributed by atoms with van der Waals surface area (Å²) in [6.07, 6.45) is 2.47. The first kappa shape index (κ1) is 18.6. The quantitative estimate of drug-likeness (QED) is 0.846. The van der Waals surface area contributed by atoms with Crippen molar-refractivity contribution in [2.24, 2.45) is 0 Å².